The summed E-state index contributed by atoms with van der Waals surface area (Å²) in [5, 5.41) is 2.42. The Hall–Kier alpha value is -2.32. The molecule has 1 heterocycles. The number of pyridine rings is 1. The van der Waals surface area contributed by atoms with Gasteiger partial charge in [-0.1, -0.05) is 23.8 Å². The maximum absolute atomic E-state index is 13.2. The molecular weight excluding hydrogens is 357 g/mol. The molecule has 0 aliphatic carbocycles. The van der Waals surface area contributed by atoms with E-state index in [1.807, 2.05) is 6.92 Å². The number of aryl methyl sites for hydroxylation is 1. The van der Waals surface area contributed by atoms with Gasteiger partial charge in [-0.05, 0) is 30.7 Å². The molecule has 0 saturated carbocycles. The van der Waals surface area contributed by atoms with E-state index in [0.29, 0.717) is 5.56 Å². The number of carbonyl (C=O) groups is 1. The minimum absolute atomic E-state index is 0.0553. The number of aromatic nitrogens is 1. The number of halogens is 1. The van der Waals surface area contributed by atoms with Crippen LogP contribution in [-0.2, 0) is 21.4 Å². The van der Waals surface area contributed by atoms with Crippen LogP contribution in [0.5, 0.6) is 0 Å². The Morgan fingerprint density at radius 1 is 1.27 bits per heavy atom. The molecule has 26 heavy (non-hydrogen) atoms. The topological polar surface area (TPSA) is 79.4 Å². The summed E-state index contributed by atoms with van der Waals surface area (Å²) in [6, 6.07) is 8.56. The Labute approximate surface area is 153 Å². The SMILES string of the molecule is CNC(=O)[C@H](CCF)N(Cc1cccnc1)S(=O)(=O)c1ccc(C)cc1. The summed E-state index contributed by atoms with van der Waals surface area (Å²) in [5.74, 6) is -0.553. The molecule has 0 aliphatic rings. The van der Waals surface area contributed by atoms with Crippen LogP contribution in [-0.4, -0.2) is 43.4 Å². The van der Waals surface area contributed by atoms with Gasteiger partial charge >= 0.3 is 0 Å². The molecule has 0 radical (unpaired) electrons. The first-order valence-electron chi connectivity index (χ1n) is 8.15. The summed E-state index contributed by atoms with van der Waals surface area (Å²) in [4.78, 5) is 16.3. The number of amides is 1. The molecule has 0 bridgehead atoms. The Morgan fingerprint density at radius 3 is 2.50 bits per heavy atom. The van der Waals surface area contributed by atoms with E-state index in [4.69, 9.17) is 0 Å². The Morgan fingerprint density at radius 2 is 1.96 bits per heavy atom. The lowest BCUT2D eigenvalue weighted by molar-refractivity contribution is -0.124. The zero-order chi connectivity index (χ0) is 19.2. The van der Waals surface area contributed by atoms with Gasteiger partial charge in [-0.3, -0.25) is 14.2 Å². The zero-order valence-corrected chi connectivity index (χ0v) is 15.5. The number of hydrogen-bond acceptors (Lipinski definition) is 4. The minimum Gasteiger partial charge on any atom is -0.358 e. The Kier molecular flexibility index (Phi) is 6.82. The molecule has 1 aromatic heterocycles. The van der Waals surface area contributed by atoms with Crippen LogP contribution >= 0.6 is 0 Å². The fraction of sp³-hybridized carbons (Fsp3) is 0.333. The first-order chi connectivity index (χ1) is 12.4. The van der Waals surface area contributed by atoms with E-state index >= 15 is 0 Å². The number of rotatable bonds is 8. The normalized spacial score (nSPS) is 12.8. The Bertz CT molecular complexity index is 827. The van der Waals surface area contributed by atoms with Gasteiger partial charge in [0.2, 0.25) is 15.9 Å². The van der Waals surface area contributed by atoms with E-state index in [0.717, 1.165) is 9.87 Å². The van der Waals surface area contributed by atoms with Crippen LogP contribution < -0.4 is 5.32 Å². The quantitative estimate of drug-likeness (QED) is 0.761. The van der Waals surface area contributed by atoms with Gasteiger partial charge in [0.15, 0.2) is 0 Å². The predicted molar refractivity (Wildman–Crippen MR) is 96.6 cm³/mol. The summed E-state index contributed by atoms with van der Waals surface area (Å²) in [7, 11) is -2.62. The second kappa shape index (κ2) is 8.86. The van der Waals surface area contributed by atoms with Gasteiger partial charge in [0.25, 0.3) is 0 Å². The summed E-state index contributed by atoms with van der Waals surface area (Å²) in [5.41, 5.74) is 1.52. The third-order valence-electron chi connectivity index (χ3n) is 3.97. The van der Waals surface area contributed by atoms with Gasteiger partial charge in [0.1, 0.15) is 6.04 Å². The van der Waals surface area contributed by atoms with Crippen molar-refractivity contribution in [2.24, 2.45) is 0 Å². The second-order valence-electron chi connectivity index (χ2n) is 5.83. The maximum Gasteiger partial charge on any atom is 0.244 e. The van der Waals surface area contributed by atoms with Gasteiger partial charge in [0, 0.05) is 32.4 Å². The Balaban J connectivity index is 2.50. The van der Waals surface area contributed by atoms with Crippen molar-refractivity contribution in [2.75, 3.05) is 13.7 Å². The largest absolute Gasteiger partial charge is 0.358 e. The highest BCUT2D eigenvalue weighted by atomic mass is 32.2. The zero-order valence-electron chi connectivity index (χ0n) is 14.7. The average molecular weight is 379 g/mol. The molecule has 140 valence electrons. The van der Waals surface area contributed by atoms with E-state index in [2.05, 4.69) is 10.3 Å². The number of benzene rings is 1. The monoisotopic (exact) mass is 379 g/mol. The molecule has 0 saturated heterocycles. The van der Waals surface area contributed by atoms with E-state index in [9.17, 15) is 17.6 Å². The smallest absolute Gasteiger partial charge is 0.244 e. The average Bonchev–Trinajstić information content (AvgIpc) is 2.65. The van der Waals surface area contributed by atoms with Crippen LogP contribution in [0.4, 0.5) is 4.39 Å². The highest BCUT2D eigenvalue weighted by Gasteiger charge is 2.35. The maximum atomic E-state index is 13.2. The molecule has 0 spiro atoms. The molecule has 6 nitrogen and oxygen atoms in total. The number of nitrogens with zero attached hydrogens (tertiary/aromatic N) is 2. The molecule has 1 amide bonds. The number of alkyl halides is 1. The van der Waals surface area contributed by atoms with Gasteiger partial charge in [-0.15, -0.1) is 0 Å². The highest BCUT2D eigenvalue weighted by molar-refractivity contribution is 7.89. The van der Waals surface area contributed by atoms with Crippen molar-refractivity contribution in [3.8, 4) is 0 Å². The number of sulfonamides is 1. The van der Waals surface area contributed by atoms with E-state index in [1.165, 1.54) is 25.4 Å². The molecule has 0 fully saturated rings. The molecule has 1 N–H and O–H groups in total. The minimum atomic E-state index is -4.01. The second-order valence-corrected chi connectivity index (χ2v) is 7.72. The van der Waals surface area contributed by atoms with Crippen molar-refractivity contribution >= 4 is 15.9 Å². The van der Waals surface area contributed by atoms with Crippen molar-refractivity contribution in [2.45, 2.75) is 30.8 Å². The fourth-order valence-electron chi connectivity index (χ4n) is 2.56. The molecular formula is C18H22FN3O3S. The summed E-state index contributed by atoms with van der Waals surface area (Å²) >= 11 is 0. The number of hydrogen-bond donors (Lipinski definition) is 1. The lowest BCUT2D eigenvalue weighted by Gasteiger charge is -2.29. The number of carbonyl (C=O) groups excluding carboxylic acids is 1. The van der Waals surface area contributed by atoms with Gasteiger partial charge in [0.05, 0.1) is 11.6 Å². The van der Waals surface area contributed by atoms with E-state index in [-0.39, 0.29) is 17.9 Å². The number of likely N-dealkylation sites (N-methyl/N-ethyl adjacent to an activating group) is 1. The summed E-state index contributed by atoms with van der Waals surface area (Å²) < 4.78 is 40.5. The molecule has 8 heteroatoms. The molecule has 1 aromatic carbocycles. The highest BCUT2D eigenvalue weighted by Crippen LogP contribution is 2.23. The van der Waals surface area contributed by atoms with Crippen LogP contribution in [0.15, 0.2) is 53.7 Å². The summed E-state index contributed by atoms with van der Waals surface area (Å²) in [6.45, 7) is 0.952. The van der Waals surface area contributed by atoms with Crippen molar-refractivity contribution in [3.05, 3.63) is 59.9 Å². The lowest BCUT2D eigenvalue weighted by Crippen LogP contribution is -2.48. The lowest BCUT2D eigenvalue weighted by atomic mass is 10.2. The van der Waals surface area contributed by atoms with Gasteiger partial charge < -0.3 is 5.32 Å². The van der Waals surface area contributed by atoms with Crippen molar-refractivity contribution < 1.29 is 17.6 Å². The molecule has 0 aliphatic heterocycles. The molecule has 2 aromatic rings. The van der Waals surface area contributed by atoms with Crippen molar-refractivity contribution in [1.29, 1.82) is 0 Å². The fourth-order valence-corrected chi connectivity index (χ4v) is 4.16. The third-order valence-corrected chi connectivity index (χ3v) is 5.84. The molecule has 1 atom stereocenters. The van der Waals surface area contributed by atoms with Crippen LogP contribution in [0.3, 0.4) is 0 Å². The van der Waals surface area contributed by atoms with E-state index in [1.54, 1.807) is 30.5 Å². The third kappa shape index (κ3) is 4.64. The van der Waals surface area contributed by atoms with Gasteiger partial charge in [-0.2, -0.15) is 4.31 Å². The van der Waals surface area contributed by atoms with Crippen LogP contribution in [0.2, 0.25) is 0 Å². The van der Waals surface area contributed by atoms with E-state index < -0.39 is 28.6 Å². The first kappa shape index (κ1) is 20.0. The first-order valence-corrected chi connectivity index (χ1v) is 9.59. The van der Waals surface area contributed by atoms with Crippen LogP contribution in [0.25, 0.3) is 0 Å². The molecule has 2 rings (SSSR count). The predicted octanol–water partition coefficient (Wildman–Crippen LogP) is 2.06. The van der Waals surface area contributed by atoms with Crippen molar-refractivity contribution in [1.82, 2.24) is 14.6 Å². The van der Waals surface area contributed by atoms with Gasteiger partial charge in [-0.25, -0.2) is 8.42 Å². The number of nitrogens with one attached hydrogen (secondary N) is 1. The van der Waals surface area contributed by atoms with Crippen LogP contribution in [0.1, 0.15) is 17.5 Å². The molecule has 0 unspecified atom stereocenters. The summed E-state index contributed by atoms with van der Waals surface area (Å²) in [6.07, 6.45) is 2.86. The van der Waals surface area contributed by atoms with Crippen LogP contribution in [0, 0.1) is 6.92 Å². The standard InChI is InChI=1S/C18H22FN3O3S/c1-14-5-7-16(8-6-14)26(24,25)22(13-15-4-3-11-21-12-15)17(9-10-19)18(23)20-2/h3-8,11-12,17H,9-10,13H2,1-2H3,(H,20,23)/t17-/m0/s1. The van der Waals surface area contributed by atoms with Crippen molar-refractivity contribution in [3.63, 3.8) is 0 Å².